The molecule has 2 aliphatic rings. The summed E-state index contributed by atoms with van der Waals surface area (Å²) in [6.07, 6.45) is 3.50. The number of nitrogens with zero attached hydrogens (tertiary/aromatic N) is 3. The number of nitrogens with two attached hydrogens (primary N) is 1. The fraction of sp³-hybridized carbons (Fsp3) is 0.650. The normalized spacial score (nSPS) is 25.2. The maximum atomic E-state index is 12.5. The van der Waals surface area contributed by atoms with Crippen LogP contribution in [0.1, 0.15) is 32.6 Å². The van der Waals surface area contributed by atoms with E-state index in [9.17, 15) is 4.79 Å². The van der Waals surface area contributed by atoms with Crippen LogP contribution in [0.2, 0.25) is 0 Å². The molecule has 25 heavy (non-hydrogen) atoms. The minimum Gasteiger partial charge on any atom is -0.369 e. The fourth-order valence-corrected chi connectivity index (χ4v) is 4.05. The number of carbonyl (C=O) groups excluding carboxylic acids is 1. The van der Waals surface area contributed by atoms with Gasteiger partial charge in [0.2, 0.25) is 5.91 Å². The number of likely N-dealkylation sites (tertiary alicyclic amines) is 1. The molecule has 0 unspecified atom stereocenters. The molecular formula is C20H32N4O. The Kier molecular flexibility index (Phi) is 6.32. The molecule has 0 aliphatic carbocycles. The second-order valence-corrected chi connectivity index (χ2v) is 7.49. The summed E-state index contributed by atoms with van der Waals surface area (Å²) in [5.74, 6) is 0.308. The van der Waals surface area contributed by atoms with Crippen LogP contribution in [0.3, 0.4) is 0 Å². The molecule has 2 N–H and O–H groups in total. The topological polar surface area (TPSA) is 52.8 Å². The van der Waals surface area contributed by atoms with Crippen molar-refractivity contribution >= 4 is 11.6 Å². The molecule has 3 rings (SSSR count). The van der Waals surface area contributed by atoms with Gasteiger partial charge in [0, 0.05) is 56.9 Å². The summed E-state index contributed by atoms with van der Waals surface area (Å²) >= 11 is 0. The van der Waals surface area contributed by atoms with Gasteiger partial charge in [-0.3, -0.25) is 9.69 Å². The van der Waals surface area contributed by atoms with Crippen LogP contribution >= 0.6 is 0 Å². The molecule has 0 aromatic heterocycles. The van der Waals surface area contributed by atoms with Gasteiger partial charge in [-0.15, -0.1) is 0 Å². The van der Waals surface area contributed by atoms with Gasteiger partial charge in [0.1, 0.15) is 0 Å². The van der Waals surface area contributed by atoms with Crippen molar-refractivity contribution in [2.24, 2.45) is 5.73 Å². The van der Waals surface area contributed by atoms with E-state index in [4.69, 9.17) is 5.73 Å². The molecule has 138 valence electrons. The standard InChI is InChI=1S/C20H32N4O/c1-17-16-18(21)9-11-24(17)20(25)8-5-10-22-12-14-23(15-13-22)19-6-3-2-4-7-19/h2-4,6-7,17-18H,5,8-16,21H2,1H3/t17-,18+/m0/s1. The van der Waals surface area contributed by atoms with Crippen molar-refractivity contribution in [3.05, 3.63) is 30.3 Å². The molecule has 2 aliphatic heterocycles. The number of anilines is 1. The monoisotopic (exact) mass is 344 g/mol. The highest BCUT2D eigenvalue weighted by Gasteiger charge is 2.26. The van der Waals surface area contributed by atoms with Gasteiger partial charge >= 0.3 is 0 Å². The molecule has 1 aromatic rings. The molecule has 0 radical (unpaired) electrons. The third kappa shape index (κ3) is 4.95. The van der Waals surface area contributed by atoms with Crippen molar-refractivity contribution in [1.29, 1.82) is 0 Å². The maximum Gasteiger partial charge on any atom is 0.222 e. The van der Waals surface area contributed by atoms with Gasteiger partial charge in [0.25, 0.3) is 0 Å². The van der Waals surface area contributed by atoms with Gasteiger partial charge in [-0.25, -0.2) is 0 Å². The number of para-hydroxylation sites is 1. The van der Waals surface area contributed by atoms with Crippen LogP contribution < -0.4 is 10.6 Å². The molecule has 1 aromatic carbocycles. The van der Waals surface area contributed by atoms with Gasteiger partial charge in [-0.05, 0) is 44.9 Å². The smallest absolute Gasteiger partial charge is 0.222 e. The highest BCUT2D eigenvalue weighted by atomic mass is 16.2. The summed E-state index contributed by atoms with van der Waals surface area (Å²) in [4.78, 5) is 19.4. The maximum absolute atomic E-state index is 12.5. The summed E-state index contributed by atoms with van der Waals surface area (Å²) in [6.45, 7) is 8.28. The first-order chi connectivity index (χ1) is 12.1. The number of piperidine rings is 1. The number of amides is 1. The van der Waals surface area contributed by atoms with E-state index < -0.39 is 0 Å². The average Bonchev–Trinajstić information content (AvgIpc) is 2.63. The number of rotatable bonds is 5. The highest BCUT2D eigenvalue weighted by Crippen LogP contribution is 2.18. The summed E-state index contributed by atoms with van der Waals surface area (Å²) < 4.78 is 0. The van der Waals surface area contributed by atoms with Crippen LogP contribution in [0.15, 0.2) is 30.3 Å². The van der Waals surface area contributed by atoms with Crippen molar-refractivity contribution in [2.45, 2.75) is 44.7 Å². The van der Waals surface area contributed by atoms with Crippen LogP contribution in [-0.4, -0.2) is 67.1 Å². The van der Waals surface area contributed by atoms with Gasteiger partial charge in [0.15, 0.2) is 0 Å². The lowest BCUT2D eigenvalue weighted by Gasteiger charge is -2.37. The quantitative estimate of drug-likeness (QED) is 0.887. The van der Waals surface area contributed by atoms with Gasteiger partial charge in [-0.2, -0.15) is 0 Å². The zero-order chi connectivity index (χ0) is 17.6. The zero-order valence-corrected chi connectivity index (χ0v) is 15.4. The number of piperazine rings is 1. The van der Waals surface area contributed by atoms with Crippen molar-refractivity contribution in [3.8, 4) is 0 Å². The van der Waals surface area contributed by atoms with Crippen molar-refractivity contribution < 1.29 is 4.79 Å². The first kappa shape index (κ1) is 18.2. The minimum atomic E-state index is 0.264. The Morgan fingerprint density at radius 2 is 1.84 bits per heavy atom. The van der Waals surface area contributed by atoms with Gasteiger partial charge in [-0.1, -0.05) is 18.2 Å². The lowest BCUT2D eigenvalue weighted by molar-refractivity contribution is -0.134. The second-order valence-electron chi connectivity index (χ2n) is 7.49. The lowest BCUT2D eigenvalue weighted by Crippen LogP contribution is -2.49. The van der Waals surface area contributed by atoms with E-state index >= 15 is 0 Å². The molecule has 2 heterocycles. The first-order valence-electron chi connectivity index (χ1n) is 9.71. The van der Waals surface area contributed by atoms with E-state index in [-0.39, 0.29) is 6.04 Å². The van der Waals surface area contributed by atoms with Gasteiger partial charge < -0.3 is 15.5 Å². The molecule has 0 spiro atoms. The molecule has 1 amide bonds. The fourth-order valence-electron chi connectivity index (χ4n) is 4.05. The Labute approximate surface area is 151 Å². The number of carbonyl (C=O) groups is 1. The Morgan fingerprint density at radius 1 is 1.12 bits per heavy atom. The number of benzene rings is 1. The third-order valence-corrected chi connectivity index (χ3v) is 5.60. The third-order valence-electron chi connectivity index (χ3n) is 5.60. The highest BCUT2D eigenvalue weighted by molar-refractivity contribution is 5.76. The predicted octanol–water partition coefficient (Wildman–Crippen LogP) is 1.93. The number of hydrogen-bond acceptors (Lipinski definition) is 4. The van der Waals surface area contributed by atoms with Crippen molar-refractivity contribution in [2.75, 3.05) is 44.2 Å². The van der Waals surface area contributed by atoms with E-state index in [2.05, 4.69) is 47.1 Å². The SMILES string of the molecule is C[C@H]1C[C@H](N)CCN1C(=O)CCCN1CCN(c2ccccc2)CC1. The van der Waals surface area contributed by atoms with Crippen LogP contribution in [-0.2, 0) is 4.79 Å². The van der Waals surface area contributed by atoms with E-state index in [0.29, 0.717) is 18.4 Å². The Bertz CT molecular complexity index is 542. The van der Waals surface area contributed by atoms with E-state index in [1.54, 1.807) is 0 Å². The molecule has 2 atom stereocenters. The van der Waals surface area contributed by atoms with Crippen LogP contribution in [0.4, 0.5) is 5.69 Å². The molecule has 2 saturated heterocycles. The predicted molar refractivity (Wildman–Crippen MR) is 103 cm³/mol. The van der Waals surface area contributed by atoms with Crippen molar-refractivity contribution in [3.63, 3.8) is 0 Å². The summed E-state index contributed by atoms with van der Waals surface area (Å²) in [5.41, 5.74) is 7.30. The van der Waals surface area contributed by atoms with E-state index in [1.807, 2.05) is 4.90 Å². The van der Waals surface area contributed by atoms with E-state index in [0.717, 1.165) is 58.5 Å². The Morgan fingerprint density at radius 3 is 2.52 bits per heavy atom. The lowest BCUT2D eigenvalue weighted by atomic mass is 9.98. The Balaban J connectivity index is 1.35. The minimum absolute atomic E-state index is 0.264. The van der Waals surface area contributed by atoms with Crippen LogP contribution in [0.25, 0.3) is 0 Å². The average molecular weight is 345 g/mol. The molecule has 0 bridgehead atoms. The first-order valence-corrected chi connectivity index (χ1v) is 9.71. The molecular weight excluding hydrogens is 312 g/mol. The van der Waals surface area contributed by atoms with Crippen LogP contribution in [0, 0.1) is 0 Å². The molecule has 5 nitrogen and oxygen atoms in total. The summed E-state index contributed by atoms with van der Waals surface area (Å²) in [6, 6.07) is 11.2. The zero-order valence-electron chi connectivity index (χ0n) is 15.4. The van der Waals surface area contributed by atoms with Gasteiger partial charge in [0.05, 0.1) is 0 Å². The Hall–Kier alpha value is -1.59. The molecule has 2 fully saturated rings. The number of hydrogen-bond donors (Lipinski definition) is 1. The van der Waals surface area contributed by atoms with E-state index in [1.165, 1.54) is 5.69 Å². The molecule has 5 heteroatoms. The summed E-state index contributed by atoms with van der Waals surface area (Å²) in [5, 5.41) is 0. The largest absolute Gasteiger partial charge is 0.369 e. The van der Waals surface area contributed by atoms with Crippen molar-refractivity contribution in [1.82, 2.24) is 9.80 Å². The summed E-state index contributed by atoms with van der Waals surface area (Å²) in [7, 11) is 0. The molecule has 0 saturated carbocycles. The van der Waals surface area contributed by atoms with Crippen LogP contribution in [0.5, 0.6) is 0 Å². The second kappa shape index (κ2) is 8.68.